The van der Waals surface area contributed by atoms with Crippen molar-refractivity contribution < 1.29 is 4.79 Å². The topological polar surface area (TPSA) is 105 Å². The molecule has 0 fully saturated rings. The molecule has 2 heterocycles. The molecule has 33 heavy (non-hydrogen) atoms. The summed E-state index contributed by atoms with van der Waals surface area (Å²) >= 11 is 0. The molecule has 1 unspecified atom stereocenters. The average molecular weight is 444 g/mol. The highest BCUT2D eigenvalue weighted by Gasteiger charge is 2.11. The number of fused-ring (bicyclic) bond motifs is 1. The lowest BCUT2D eigenvalue weighted by Gasteiger charge is -2.17. The molecule has 5 N–H and O–H groups in total. The van der Waals surface area contributed by atoms with E-state index in [9.17, 15) is 9.59 Å². The van der Waals surface area contributed by atoms with Gasteiger partial charge in [0.05, 0.1) is 0 Å². The number of carbonyl (C=O) groups is 1. The standard InChI is InChI=1S/C26H29N5O2/c27-15-23(14-19-5-2-1-3-6-19)29-17-22-7-4-12-31(26(22)33)18-25(32)30-16-20-8-9-24-21(13-20)10-11-28-24/h1-13,23,28-29H,14-18,27H2,(H,30,32). The van der Waals surface area contributed by atoms with Crippen LogP contribution in [0.25, 0.3) is 10.9 Å². The van der Waals surface area contributed by atoms with Gasteiger partial charge in [-0.2, -0.15) is 0 Å². The summed E-state index contributed by atoms with van der Waals surface area (Å²) in [6, 6.07) is 21.7. The number of amides is 1. The predicted octanol–water partition coefficient (Wildman–Crippen LogP) is 2.31. The maximum atomic E-state index is 12.9. The smallest absolute Gasteiger partial charge is 0.255 e. The summed E-state index contributed by atoms with van der Waals surface area (Å²) in [5, 5.41) is 7.37. The van der Waals surface area contributed by atoms with E-state index in [0.717, 1.165) is 22.9 Å². The van der Waals surface area contributed by atoms with Crippen LogP contribution in [0.15, 0.2) is 83.9 Å². The molecular formula is C26H29N5O2. The number of aromatic nitrogens is 2. The number of nitrogens with zero attached hydrogens (tertiary/aromatic N) is 1. The third kappa shape index (κ3) is 5.97. The monoisotopic (exact) mass is 443 g/mol. The molecule has 7 heteroatoms. The Bertz CT molecular complexity index is 1260. The van der Waals surface area contributed by atoms with Crippen LogP contribution in [0, 0.1) is 0 Å². The lowest BCUT2D eigenvalue weighted by Crippen LogP contribution is -2.39. The van der Waals surface area contributed by atoms with Crippen molar-refractivity contribution in [2.24, 2.45) is 5.73 Å². The van der Waals surface area contributed by atoms with E-state index in [0.29, 0.717) is 25.2 Å². The number of nitrogens with one attached hydrogen (secondary N) is 3. The van der Waals surface area contributed by atoms with Crippen LogP contribution in [-0.2, 0) is 30.8 Å². The van der Waals surface area contributed by atoms with E-state index in [2.05, 4.69) is 27.8 Å². The molecule has 4 rings (SSSR count). The number of nitrogens with two attached hydrogens (primary N) is 1. The van der Waals surface area contributed by atoms with Crippen molar-refractivity contribution in [2.45, 2.75) is 32.1 Å². The Hall–Kier alpha value is -3.68. The summed E-state index contributed by atoms with van der Waals surface area (Å²) in [7, 11) is 0. The van der Waals surface area contributed by atoms with Crippen LogP contribution in [-0.4, -0.2) is 28.0 Å². The highest BCUT2D eigenvalue weighted by molar-refractivity contribution is 5.80. The van der Waals surface area contributed by atoms with Crippen LogP contribution < -0.4 is 21.9 Å². The van der Waals surface area contributed by atoms with Gasteiger partial charge in [0.15, 0.2) is 0 Å². The quantitative estimate of drug-likeness (QED) is 0.302. The van der Waals surface area contributed by atoms with Crippen LogP contribution in [0.1, 0.15) is 16.7 Å². The summed E-state index contributed by atoms with van der Waals surface area (Å²) in [6.45, 7) is 1.25. The number of pyridine rings is 1. The molecular weight excluding hydrogens is 414 g/mol. The van der Waals surface area contributed by atoms with Crippen molar-refractivity contribution >= 4 is 16.8 Å². The van der Waals surface area contributed by atoms with Crippen LogP contribution in [0.5, 0.6) is 0 Å². The SMILES string of the molecule is NCC(Cc1ccccc1)NCc1cccn(CC(=O)NCc2ccc3[nH]ccc3c2)c1=O. The highest BCUT2D eigenvalue weighted by Crippen LogP contribution is 2.14. The van der Waals surface area contributed by atoms with E-state index in [1.807, 2.05) is 48.7 Å². The third-order valence-electron chi connectivity index (χ3n) is 5.71. The maximum absolute atomic E-state index is 12.9. The zero-order valence-corrected chi connectivity index (χ0v) is 18.5. The fourth-order valence-electron chi connectivity index (χ4n) is 3.86. The van der Waals surface area contributed by atoms with Crippen LogP contribution >= 0.6 is 0 Å². The highest BCUT2D eigenvalue weighted by atomic mass is 16.2. The van der Waals surface area contributed by atoms with Crippen LogP contribution in [0.4, 0.5) is 0 Å². The van der Waals surface area contributed by atoms with E-state index < -0.39 is 0 Å². The minimum absolute atomic E-state index is 0.0244. The molecule has 2 aromatic carbocycles. The summed E-state index contributed by atoms with van der Waals surface area (Å²) < 4.78 is 1.44. The summed E-state index contributed by atoms with van der Waals surface area (Å²) in [5.41, 5.74) is 9.61. The van der Waals surface area contributed by atoms with Gasteiger partial charge >= 0.3 is 0 Å². The van der Waals surface area contributed by atoms with Crippen molar-refractivity contribution in [3.8, 4) is 0 Å². The number of hydrogen-bond acceptors (Lipinski definition) is 4. The molecule has 170 valence electrons. The van der Waals surface area contributed by atoms with Gasteiger partial charge in [0.2, 0.25) is 5.91 Å². The fraction of sp³-hybridized carbons (Fsp3) is 0.231. The first-order valence-corrected chi connectivity index (χ1v) is 11.1. The van der Waals surface area contributed by atoms with E-state index in [4.69, 9.17) is 5.73 Å². The third-order valence-corrected chi connectivity index (χ3v) is 5.71. The first-order valence-electron chi connectivity index (χ1n) is 11.1. The minimum atomic E-state index is -0.208. The van der Waals surface area contributed by atoms with Gasteiger partial charge in [-0.15, -0.1) is 0 Å². The van der Waals surface area contributed by atoms with E-state index in [1.54, 1.807) is 18.3 Å². The largest absolute Gasteiger partial charge is 0.361 e. The number of hydrogen-bond donors (Lipinski definition) is 4. The van der Waals surface area contributed by atoms with E-state index in [1.165, 1.54) is 10.1 Å². The first kappa shape index (κ1) is 22.5. The normalized spacial score (nSPS) is 12.0. The molecule has 0 aliphatic rings. The second kappa shape index (κ2) is 10.8. The first-order chi connectivity index (χ1) is 16.1. The lowest BCUT2D eigenvalue weighted by atomic mass is 10.1. The van der Waals surface area contributed by atoms with Crippen LogP contribution in [0.3, 0.4) is 0 Å². The van der Waals surface area contributed by atoms with Crippen molar-refractivity contribution in [2.75, 3.05) is 6.54 Å². The molecule has 2 aromatic heterocycles. The van der Waals surface area contributed by atoms with Gasteiger partial charge in [0, 0.05) is 49.1 Å². The molecule has 0 saturated heterocycles. The van der Waals surface area contributed by atoms with Gasteiger partial charge in [-0.3, -0.25) is 9.59 Å². The van der Waals surface area contributed by atoms with Crippen molar-refractivity contribution in [3.05, 3.63) is 106 Å². The van der Waals surface area contributed by atoms with E-state index in [-0.39, 0.29) is 24.1 Å². The van der Waals surface area contributed by atoms with Crippen LogP contribution in [0.2, 0.25) is 0 Å². The van der Waals surface area contributed by atoms with Gasteiger partial charge < -0.3 is 25.9 Å². The Morgan fingerprint density at radius 3 is 2.67 bits per heavy atom. The number of aromatic amines is 1. The van der Waals surface area contributed by atoms with Gasteiger partial charge in [-0.1, -0.05) is 42.5 Å². The lowest BCUT2D eigenvalue weighted by molar-refractivity contribution is -0.121. The molecule has 4 aromatic rings. The number of carbonyl (C=O) groups excluding carboxylic acids is 1. The molecule has 7 nitrogen and oxygen atoms in total. The fourth-order valence-corrected chi connectivity index (χ4v) is 3.86. The molecule has 0 aliphatic carbocycles. The molecule has 0 spiro atoms. The Labute approximate surface area is 192 Å². The second-order valence-corrected chi connectivity index (χ2v) is 8.15. The maximum Gasteiger partial charge on any atom is 0.255 e. The van der Waals surface area contributed by atoms with E-state index >= 15 is 0 Å². The van der Waals surface area contributed by atoms with Gasteiger partial charge in [-0.05, 0) is 47.2 Å². The Morgan fingerprint density at radius 1 is 1.00 bits per heavy atom. The number of rotatable bonds is 10. The number of H-pyrrole nitrogens is 1. The van der Waals surface area contributed by atoms with Crippen molar-refractivity contribution in [3.63, 3.8) is 0 Å². The van der Waals surface area contributed by atoms with Gasteiger partial charge in [0.1, 0.15) is 6.54 Å². The Kier molecular flexibility index (Phi) is 7.34. The molecule has 0 saturated carbocycles. The van der Waals surface area contributed by atoms with Gasteiger partial charge in [-0.25, -0.2) is 0 Å². The Morgan fingerprint density at radius 2 is 1.85 bits per heavy atom. The number of benzene rings is 2. The van der Waals surface area contributed by atoms with Gasteiger partial charge in [0.25, 0.3) is 5.56 Å². The minimum Gasteiger partial charge on any atom is -0.361 e. The second-order valence-electron chi connectivity index (χ2n) is 8.15. The predicted molar refractivity (Wildman–Crippen MR) is 131 cm³/mol. The van der Waals surface area contributed by atoms with Crippen molar-refractivity contribution in [1.82, 2.24) is 20.2 Å². The molecule has 1 amide bonds. The molecule has 0 aliphatic heterocycles. The zero-order valence-electron chi connectivity index (χ0n) is 18.5. The molecule has 0 radical (unpaired) electrons. The molecule has 1 atom stereocenters. The average Bonchev–Trinajstić information content (AvgIpc) is 3.31. The Balaban J connectivity index is 1.33. The summed E-state index contributed by atoms with van der Waals surface area (Å²) in [4.78, 5) is 28.5. The molecule has 0 bridgehead atoms. The van der Waals surface area contributed by atoms with Crippen molar-refractivity contribution in [1.29, 1.82) is 0 Å². The zero-order chi connectivity index (χ0) is 23.0. The summed E-state index contributed by atoms with van der Waals surface area (Å²) in [6.07, 6.45) is 4.32. The summed E-state index contributed by atoms with van der Waals surface area (Å²) in [5.74, 6) is -0.208.